The van der Waals surface area contributed by atoms with Gasteiger partial charge in [0.05, 0.1) is 19.8 Å². The third-order valence-electron chi connectivity index (χ3n) is 2.02. The highest BCUT2D eigenvalue weighted by atomic mass is 16.5. The smallest absolute Gasteiger partial charge is 0.292 e. The van der Waals surface area contributed by atoms with Gasteiger partial charge in [0, 0.05) is 19.3 Å². The topological polar surface area (TPSA) is 66.5 Å². The number of nitrogens with zero attached hydrogens (tertiary/aromatic N) is 1. The van der Waals surface area contributed by atoms with Crippen LogP contribution in [0.3, 0.4) is 0 Å². The monoisotopic (exact) mass is 226 g/mol. The molecule has 0 aliphatic carbocycles. The first kappa shape index (κ1) is 12.7. The lowest BCUT2D eigenvalue weighted by molar-refractivity contribution is 0.132. The Labute approximate surface area is 94.8 Å². The Morgan fingerprint density at radius 3 is 2.94 bits per heavy atom. The van der Waals surface area contributed by atoms with Crippen molar-refractivity contribution in [3.05, 3.63) is 28.7 Å². The van der Waals surface area contributed by atoms with Gasteiger partial charge in [-0.3, -0.25) is 4.79 Å². The minimum atomic E-state index is -0.124. The summed E-state index contributed by atoms with van der Waals surface area (Å²) in [7, 11) is 0. The van der Waals surface area contributed by atoms with E-state index in [-0.39, 0.29) is 5.56 Å². The standard InChI is InChI=1S/C11H18N2O3/c1-2-16-10-4-3-6-13(11(10)14)7-9-15-8-5-12/h3-4,6H,2,5,7-9,12H2,1H3. The fourth-order valence-corrected chi connectivity index (χ4v) is 1.30. The number of hydrogen-bond acceptors (Lipinski definition) is 4. The average molecular weight is 226 g/mol. The summed E-state index contributed by atoms with van der Waals surface area (Å²) >= 11 is 0. The van der Waals surface area contributed by atoms with E-state index in [0.717, 1.165) is 0 Å². The highest BCUT2D eigenvalue weighted by Gasteiger charge is 2.02. The Bertz CT molecular complexity index is 362. The van der Waals surface area contributed by atoms with Crippen molar-refractivity contribution in [1.82, 2.24) is 4.57 Å². The van der Waals surface area contributed by atoms with E-state index in [2.05, 4.69) is 0 Å². The number of nitrogens with two attached hydrogens (primary N) is 1. The molecule has 16 heavy (non-hydrogen) atoms. The normalized spacial score (nSPS) is 10.4. The second-order valence-electron chi connectivity index (χ2n) is 3.21. The quantitative estimate of drug-likeness (QED) is 0.675. The summed E-state index contributed by atoms with van der Waals surface area (Å²) in [6.07, 6.45) is 1.72. The predicted molar refractivity (Wildman–Crippen MR) is 61.7 cm³/mol. The van der Waals surface area contributed by atoms with Crippen molar-refractivity contribution >= 4 is 0 Å². The second-order valence-corrected chi connectivity index (χ2v) is 3.21. The number of pyridine rings is 1. The maximum atomic E-state index is 11.8. The lowest BCUT2D eigenvalue weighted by atomic mass is 10.4. The van der Waals surface area contributed by atoms with Crippen molar-refractivity contribution in [3.63, 3.8) is 0 Å². The first-order valence-corrected chi connectivity index (χ1v) is 5.39. The molecule has 1 rings (SSSR count). The van der Waals surface area contributed by atoms with Gasteiger partial charge in [-0.2, -0.15) is 0 Å². The van der Waals surface area contributed by atoms with Crippen LogP contribution in [0.15, 0.2) is 23.1 Å². The third kappa shape index (κ3) is 3.67. The molecule has 90 valence electrons. The SMILES string of the molecule is CCOc1cccn(CCOCCN)c1=O. The number of hydrogen-bond donors (Lipinski definition) is 1. The molecule has 5 heteroatoms. The summed E-state index contributed by atoms with van der Waals surface area (Å²) in [6, 6.07) is 3.46. The third-order valence-corrected chi connectivity index (χ3v) is 2.02. The molecule has 1 aromatic heterocycles. The molecule has 0 amide bonds. The van der Waals surface area contributed by atoms with E-state index in [1.165, 1.54) is 0 Å². The van der Waals surface area contributed by atoms with Crippen molar-refractivity contribution < 1.29 is 9.47 Å². The zero-order valence-electron chi connectivity index (χ0n) is 9.52. The minimum Gasteiger partial charge on any atom is -0.488 e. The van der Waals surface area contributed by atoms with Crippen molar-refractivity contribution in [1.29, 1.82) is 0 Å². The molecule has 0 saturated carbocycles. The van der Waals surface area contributed by atoms with Crippen LogP contribution in [0.5, 0.6) is 5.75 Å². The summed E-state index contributed by atoms with van der Waals surface area (Å²) in [5.74, 6) is 0.379. The summed E-state index contributed by atoms with van der Waals surface area (Å²) in [4.78, 5) is 11.8. The molecule has 0 radical (unpaired) electrons. The van der Waals surface area contributed by atoms with Crippen LogP contribution in [0.4, 0.5) is 0 Å². The van der Waals surface area contributed by atoms with Gasteiger partial charge in [0.15, 0.2) is 5.75 Å². The first-order valence-electron chi connectivity index (χ1n) is 5.39. The zero-order valence-corrected chi connectivity index (χ0v) is 9.52. The summed E-state index contributed by atoms with van der Waals surface area (Å²) < 4.78 is 12.0. The van der Waals surface area contributed by atoms with Crippen molar-refractivity contribution in [2.75, 3.05) is 26.4 Å². The lowest BCUT2D eigenvalue weighted by Gasteiger charge is -2.08. The van der Waals surface area contributed by atoms with Crippen LogP contribution < -0.4 is 16.0 Å². The molecule has 0 bridgehead atoms. The van der Waals surface area contributed by atoms with Gasteiger partial charge in [-0.05, 0) is 19.1 Å². The Hall–Kier alpha value is -1.33. The molecule has 0 atom stereocenters. The molecule has 2 N–H and O–H groups in total. The van der Waals surface area contributed by atoms with Crippen LogP contribution in [0.2, 0.25) is 0 Å². The van der Waals surface area contributed by atoms with Gasteiger partial charge in [-0.1, -0.05) is 0 Å². The lowest BCUT2D eigenvalue weighted by Crippen LogP contribution is -2.23. The van der Waals surface area contributed by atoms with E-state index < -0.39 is 0 Å². The molecular formula is C11H18N2O3. The van der Waals surface area contributed by atoms with Gasteiger partial charge >= 0.3 is 0 Å². The maximum Gasteiger partial charge on any atom is 0.292 e. The highest BCUT2D eigenvalue weighted by molar-refractivity contribution is 5.17. The molecule has 0 aromatic carbocycles. The molecule has 0 unspecified atom stereocenters. The van der Waals surface area contributed by atoms with Crippen LogP contribution in [0, 0.1) is 0 Å². The minimum absolute atomic E-state index is 0.124. The molecule has 5 nitrogen and oxygen atoms in total. The molecule has 0 spiro atoms. The van der Waals surface area contributed by atoms with Crippen LogP contribution in [0.25, 0.3) is 0 Å². The Balaban J connectivity index is 2.59. The molecule has 0 aliphatic heterocycles. The molecule has 0 aliphatic rings. The fraction of sp³-hybridized carbons (Fsp3) is 0.545. The molecule has 0 fully saturated rings. The largest absolute Gasteiger partial charge is 0.488 e. The van der Waals surface area contributed by atoms with Crippen molar-refractivity contribution in [2.24, 2.45) is 5.73 Å². The van der Waals surface area contributed by atoms with Crippen LogP contribution in [0.1, 0.15) is 6.92 Å². The number of ether oxygens (including phenoxy) is 2. The summed E-state index contributed by atoms with van der Waals surface area (Å²) in [5, 5.41) is 0. The Kier molecular flexibility index (Phi) is 5.60. The molecular weight excluding hydrogens is 208 g/mol. The fourth-order valence-electron chi connectivity index (χ4n) is 1.30. The van der Waals surface area contributed by atoms with E-state index in [1.807, 2.05) is 6.92 Å². The van der Waals surface area contributed by atoms with E-state index >= 15 is 0 Å². The van der Waals surface area contributed by atoms with E-state index in [1.54, 1.807) is 22.9 Å². The van der Waals surface area contributed by atoms with Crippen LogP contribution in [-0.4, -0.2) is 30.9 Å². The van der Waals surface area contributed by atoms with Crippen LogP contribution in [-0.2, 0) is 11.3 Å². The predicted octanol–water partition coefficient (Wildman–Crippen LogP) is 0.222. The van der Waals surface area contributed by atoms with E-state index in [9.17, 15) is 4.79 Å². The van der Waals surface area contributed by atoms with Gasteiger partial charge in [0.1, 0.15) is 0 Å². The maximum absolute atomic E-state index is 11.8. The molecule has 1 heterocycles. The first-order chi connectivity index (χ1) is 7.79. The molecule has 0 saturated heterocycles. The average Bonchev–Trinajstić information content (AvgIpc) is 2.29. The van der Waals surface area contributed by atoms with E-state index in [4.69, 9.17) is 15.2 Å². The van der Waals surface area contributed by atoms with E-state index in [0.29, 0.717) is 38.7 Å². The van der Waals surface area contributed by atoms with Gasteiger partial charge in [-0.25, -0.2) is 0 Å². The van der Waals surface area contributed by atoms with Gasteiger partial charge in [0.25, 0.3) is 5.56 Å². The van der Waals surface area contributed by atoms with Crippen LogP contribution >= 0.6 is 0 Å². The number of rotatable bonds is 7. The van der Waals surface area contributed by atoms with Crippen molar-refractivity contribution in [3.8, 4) is 5.75 Å². The van der Waals surface area contributed by atoms with Crippen molar-refractivity contribution in [2.45, 2.75) is 13.5 Å². The zero-order chi connectivity index (χ0) is 11.8. The van der Waals surface area contributed by atoms with Gasteiger partial charge in [0.2, 0.25) is 0 Å². The summed E-state index contributed by atoms with van der Waals surface area (Å²) in [6.45, 7) is 4.34. The number of aromatic nitrogens is 1. The molecule has 1 aromatic rings. The van der Waals surface area contributed by atoms with Gasteiger partial charge in [-0.15, -0.1) is 0 Å². The summed E-state index contributed by atoms with van der Waals surface area (Å²) in [5.41, 5.74) is 5.16. The second kappa shape index (κ2) is 7.03. The Morgan fingerprint density at radius 1 is 1.44 bits per heavy atom. The Morgan fingerprint density at radius 2 is 2.25 bits per heavy atom. The highest BCUT2D eigenvalue weighted by Crippen LogP contribution is 2.01. The van der Waals surface area contributed by atoms with Gasteiger partial charge < -0.3 is 19.8 Å².